The van der Waals surface area contributed by atoms with E-state index in [0.29, 0.717) is 31.6 Å². The highest BCUT2D eigenvalue weighted by Crippen LogP contribution is 2.45. The van der Waals surface area contributed by atoms with Crippen LogP contribution in [0.3, 0.4) is 0 Å². The second kappa shape index (κ2) is 69.1. The number of hydrogen-bond acceptors (Lipinski definition) is 15. The lowest BCUT2D eigenvalue weighted by atomic mass is 9.99. The Balaban J connectivity index is 5.18. The minimum absolute atomic E-state index is 0.105. The van der Waals surface area contributed by atoms with Crippen molar-refractivity contribution in [2.24, 2.45) is 23.7 Å². The van der Waals surface area contributed by atoms with Crippen LogP contribution in [0.25, 0.3) is 0 Å². The molecule has 0 saturated carbocycles. The van der Waals surface area contributed by atoms with Gasteiger partial charge in [-0.25, -0.2) is 9.13 Å². The van der Waals surface area contributed by atoms with Crippen molar-refractivity contribution >= 4 is 39.5 Å². The van der Waals surface area contributed by atoms with Gasteiger partial charge in [-0.05, 0) is 49.4 Å². The number of aliphatic hydroxyl groups excluding tert-OH is 1. The molecule has 0 heterocycles. The van der Waals surface area contributed by atoms with E-state index in [-0.39, 0.29) is 25.7 Å². The average molecular weight is 1450 g/mol. The molecule has 0 aromatic carbocycles. The number of carbonyl (C=O) groups is 4. The SMILES string of the molecule is CCC(C)CCCCCCCCCCCCCCCCCCCCC(=O)OC[C@H](COP(=O)(O)OCC(O)COP(=O)(O)OC[C@@H](COC(=O)CCCCCCCCCC(C)C)OC(=O)CCCCCCCCCCCCCC(C)C)OC(=O)CCCCCCCCCCCCC(C)C. The van der Waals surface area contributed by atoms with Crippen molar-refractivity contribution in [1.29, 1.82) is 0 Å². The number of unbranched alkanes of at least 4 members (excludes halogenated alkanes) is 42. The van der Waals surface area contributed by atoms with Crippen molar-refractivity contribution < 1.29 is 80.2 Å². The molecule has 0 aliphatic rings. The first-order valence-corrected chi connectivity index (χ1v) is 44.2. The standard InChI is InChI=1S/C80H156O17P2/c1-9-73(8)59-51-43-35-27-20-16-14-12-10-11-13-15-17-21-28-36-44-52-60-77(82)90-66-75(96-80(85)63-55-47-38-30-24-23-26-33-41-49-57-71(4)5)68-94-98(86,87)92-64-74(81)65-93-99(88,89)95-69-76(67-91-78(83)61-53-45-39-31-34-42-50-58-72(6)7)97-79(84)62-54-46-37-29-22-18-19-25-32-40-48-56-70(2)3/h70-76,81H,9-69H2,1-8H3,(H,86,87)(H,88,89)/t73?,74?,75-,76-/m1/s1. The first-order valence-electron chi connectivity index (χ1n) is 41.2. The van der Waals surface area contributed by atoms with E-state index in [9.17, 15) is 43.2 Å². The monoisotopic (exact) mass is 1450 g/mol. The Kier molecular flexibility index (Phi) is 67.8. The summed E-state index contributed by atoms with van der Waals surface area (Å²) in [6, 6.07) is 0. The third kappa shape index (κ3) is 72.8. The fourth-order valence-corrected chi connectivity index (χ4v) is 13.8. The van der Waals surface area contributed by atoms with Crippen LogP contribution in [-0.4, -0.2) is 96.7 Å². The van der Waals surface area contributed by atoms with E-state index >= 15 is 0 Å². The van der Waals surface area contributed by atoms with Crippen molar-refractivity contribution in [3.63, 3.8) is 0 Å². The van der Waals surface area contributed by atoms with Gasteiger partial charge in [0.2, 0.25) is 0 Å². The van der Waals surface area contributed by atoms with Crippen molar-refractivity contribution in [2.45, 2.75) is 427 Å². The Bertz CT molecular complexity index is 1940. The van der Waals surface area contributed by atoms with Gasteiger partial charge in [0, 0.05) is 25.7 Å². The Hall–Kier alpha value is -1.94. The van der Waals surface area contributed by atoms with Gasteiger partial charge in [-0.15, -0.1) is 0 Å². The van der Waals surface area contributed by atoms with Crippen LogP contribution in [0.1, 0.15) is 409 Å². The Morgan fingerprint density at radius 2 is 0.485 bits per heavy atom. The quantitative estimate of drug-likeness (QED) is 0.0222. The van der Waals surface area contributed by atoms with Crippen LogP contribution in [0, 0.1) is 23.7 Å². The van der Waals surface area contributed by atoms with E-state index in [1.807, 2.05) is 0 Å². The molecular formula is C80H156O17P2. The van der Waals surface area contributed by atoms with Gasteiger partial charge in [0.05, 0.1) is 26.4 Å². The number of esters is 4. The summed E-state index contributed by atoms with van der Waals surface area (Å²) in [5, 5.41) is 10.6. The maximum atomic E-state index is 13.1. The van der Waals surface area contributed by atoms with Gasteiger partial charge < -0.3 is 33.8 Å². The van der Waals surface area contributed by atoms with Gasteiger partial charge in [0.25, 0.3) is 0 Å². The normalized spacial score (nSPS) is 14.3. The molecule has 0 aromatic rings. The number of carbonyl (C=O) groups excluding carboxylic acids is 4. The molecule has 19 heteroatoms. The number of phosphoric acid groups is 2. The van der Waals surface area contributed by atoms with Crippen LogP contribution in [-0.2, 0) is 65.4 Å². The summed E-state index contributed by atoms with van der Waals surface area (Å²) in [5.41, 5.74) is 0. The molecule has 0 amide bonds. The van der Waals surface area contributed by atoms with Gasteiger partial charge in [-0.2, -0.15) is 0 Å². The topological polar surface area (TPSA) is 237 Å². The number of aliphatic hydroxyl groups is 1. The second-order valence-electron chi connectivity index (χ2n) is 30.5. The summed E-state index contributed by atoms with van der Waals surface area (Å²) in [4.78, 5) is 72.9. The van der Waals surface area contributed by atoms with E-state index in [1.54, 1.807) is 0 Å². The molecule has 99 heavy (non-hydrogen) atoms. The van der Waals surface area contributed by atoms with E-state index in [4.69, 9.17) is 37.0 Å². The lowest BCUT2D eigenvalue weighted by Crippen LogP contribution is -2.30. The van der Waals surface area contributed by atoms with Gasteiger partial charge in [0.1, 0.15) is 19.3 Å². The smallest absolute Gasteiger partial charge is 0.462 e. The van der Waals surface area contributed by atoms with Crippen molar-refractivity contribution in [1.82, 2.24) is 0 Å². The maximum absolute atomic E-state index is 13.1. The molecule has 3 N–H and O–H groups in total. The van der Waals surface area contributed by atoms with Gasteiger partial charge in [-0.3, -0.25) is 37.3 Å². The Morgan fingerprint density at radius 1 is 0.283 bits per heavy atom. The maximum Gasteiger partial charge on any atom is 0.472 e. The van der Waals surface area contributed by atoms with Crippen molar-refractivity contribution in [3.8, 4) is 0 Å². The second-order valence-corrected chi connectivity index (χ2v) is 33.4. The molecule has 0 bridgehead atoms. The van der Waals surface area contributed by atoms with Crippen LogP contribution >= 0.6 is 15.6 Å². The Labute approximate surface area is 607 Å². The van der Waals surface area contributed by atoms with Gasteiger partial charge >= 0.3 is 39.5 Å². The van der Waals surface area contributed by atoms with Crippen LogP contribution in [0.5, 0.6) is 0 Å². The molecule has 0 aliphatic heterocycles. The summed E-state index contributed by atoms with van der Waals surface area (Å²) >= 11 is 0. The highest BCUT2D eigenvalue weighted by Gasteiger charge is 2.30. The molecule has 4 unspecified atom stereocenters. The highest BCUT2D eigenvalue weighted by atomic mass is 31.2. The molecule has 0 rings (SSSR count). The van der Waals surface area contributed by atoms with Crippen molar-refractivity contribution in [3.05, 3.63) is 0 Å². The Morgan fingerprint density at radius 3 is 0.717 bits per heavy atom. The zero-order valence-electron chi connectivity index (χ0n) is 65.1. The molecule has 6 atom stereocenters. The predicted molar refractivity (Wildman–Crippen MR) is 404 cm³/mol. The first-order chi connectivity index (χ1) is 47.6. The molecule has 0 aliphatic carbocycles. The van der Waals surface area contributed by atoms with Crippen LogP contribution in [0.2, 0.25) is 0 Å². The van der Waals surface area contributed by atoms with E-state index in [0.717, 1.165) is 114 Å². The summed E-state index contributed by atoms with van der Waals surface area (Å²) < 4.78 is 68.6. The minimum Gasteiger partial charge on any atom is -0.462 e. The van der Waals surface area contributed by atoms with Gasteiger partial charge in [-0.1, -0.05) is 357 Å². The number of ether oxygens (including phenoxy) is 4. The molecule has 0 saturated heterocycles. The number of rotatable bonds is 77. The summed E-state index contributed by atoms with van der Waals surface area (Å²) in [7, 11) is -9.92. The van der Waals surface area contributed by atoms with Crippen LogP contribution in [0.4, 0.5) is 0 Å². The largest absolute Gasteiger partial charge is 0.472 e. The summed E-state index contributed by atoms with van der Waals surface area (Å²) in [6.07, 6.45) is 55.6. The number of hydrogen-bond donors (Lipinski definition) is 3. The molecule has 0 spiro atoms. The first kappa shape index (κ1) is 97.1. The predicted octanol–water partition coefficient (Wildman–Crippen LogP) is 23.6. The van der Waals surface area contributed by atoms with E-state index in [2.05, 4.69) is 55.4 Å². The lowest BCUT2D eigenvalue weighted by molar-refractivity contribution is -0.161. The third-order valence-electron chi connectivity index (χ3n) is 18.9. The summed E-state index contributed by atoms with van der Waals surface area (Å²) in [6.45, 7) is 14.2. The molecule has 0 aromatic heterocycles. The average Bonchev–Trinajstić information content (AvgIpc) is 0.997. The summed E-state index contributed by atoms with van der Waals surface area (Å²) in [5.74, 6) is 0.978. The zero-order chi connectivity index (χ0) is 73.1. The zero-order valence-corrected chi connectivity index (χ0v) is 66.9. The van der Waals surface area contributed by atoms with E-state index < -0.39 is 97.5 Å². The van der Waals surface area contributed by atoms with Gasteiger partial charge in [0.15, 0.2) is 12.2 Å². The van der Waals surface area contributed by atoms with E-state index in [1.165, 1.54) is 205 Å². The molecule has 0 radical (unpaired) electrons. The lowest BCUT2D eigenvalue weighted by Gasteiger charge is -2.21. The fourth-order valence-electron chi connectivity index (χ4n) is 12.2. The van der Waals surface area contributed by atoms with Crippen molar-refractivity contribution in [2.75, 3.05) is 39.6 Å². The van der Waals surface area contributed by atoms with Crippen LogP contribution in [0.15, 0.2) is 0 Å². The molecule has 17 nitrogen and oxygen atoms in total. The minimum atomic E-state index is -4.96. The third-order valence-corrected chi connectivity index (χ3v) is 20.8. The molecule has 588 valence electrons. The molecular weight excluding hydrogens is 1290 g/mol. The molecule has 0 fully saturated rings. The number of phosphoric ester groups is 2. The fraction of sp³-hybridized carbons (Fsp3) is 0.950. The van der Waals surface area contributed by atoms with Crippen LogP contribution < -0.4 is 0 Å². The highest BCUT2D eigenvalue weighted by molar-refractivity contribution is 7.47.